The molecule has 560 valence electrons. The Kier molecular flexibility index (Phi) is 16.4. The average molecular weight is 1520 g/mol. The van der Waals surface area contributed by atoms with Gasteiger partial charge in [0.05, 0.1) is 60.3 Å². The maximum atomic E-state index is 6.67. The highest BCUT2D eigenvalue weighted by atomic mass is 32.1. The predicted octanol–water partition coefficient (Wildman–Crippen LogP) is 31.1. The molecule has 0 fully saturated rings. The summed E-state index contributed by atoms with van der Waals surface area (Å²) in [4.78, 5) is 0. The summed E-state index contributed by atoms with van der Waals surface area (Å²) < 4.78 is 31.7. The van der Waals surface area contributed by atoms with E-state index in [-0.39, 0.29) is 16.2 Å². The molecule has 0 saturated heterocycles. The number of hydrogen-bond acceptors (Lipinski definition) is 4. The first kappa shape index (κ1) is 70.2. The van der Waals surface area contributed by atoms with E-state index in [0.717, 1.165) is 44.9 Å². The monoisotopic (exact) mass is 1520 g/mol. The van der Waals surface area contributed by atoms with E-state index >= 15 is 0 Å². The van der Waals surface area contributed by atoms with Gasteiger partial charge in [-0.15, -0.1) is 11.3 Å². The van der Waals surface area contributed by atoms with Gasteiger partial charge in [-0.3, -0.25) is 0 Å². The molecule has 0 unspecified atom stereocenters. The summed E-state index contributed by atoms with van der Waals surface area (Å²) in [5.41, 5.74) is 24.3. The number of para-hydroxylation sites is 9. The van der Waals surface area contributed by atoms with E-state index in [4.69, 9.17) is 13.3 Å². The van der Waals surface area contributed by atoms with Crippen LogP contribution in [0.4, 0.5) is 0 Å². The molecular formula is C108H84N4O3S. The standard InChI is InChI=1S/3C28H23NO.C24H15NS/c1-28(2,3)18-12-14-19(15-13-18)29-23-10-6-4-9-22(23)26-24(29)17-16-21-20-8-5-7-11-25(20)30-27(21)26;1-28(2,3)22-14-9-13-19-20-16-17-24-25(27(20)30-26(19)22)21-12-7-8-15-23(21)29(24)18-10-5-4-6-11-18;1-28(2,3)18-13-16-25-22(17-18)20-14-15-24-26(27(20)30-25)21-11-7-8-12-23(21)29(24)19-9-5-4-6-10-19;1-2-8-16(9-3-1)25-20-12-6-4-11-19(20)23-21(25)15-14-18-17-10-5-7-13-22(17)26-24(18)23/h3*4-17H,1-3H3;1-15H. The predicted molar refractivity (Wildman–Crippen MR) is 494 cm³/mol. The highest BCUT2D eigenvalue weighted by Gasteiger charge is 2.27. The van der Waals surface area contributed by atoms with E-state index in [1.807, 2.05) is 23.5 Å². The molecule has 0 aliphatic heterocycles. The van der Waals surface area contributed by atoms with E-state index in [2.05, 4.69) is 414 Å². The average Bonchev–Trinajstić information content (AvgIpc) is 1.57. The van der Waals surface area contributed by atoms with Crippen molar-refractivity contribution in [3.63, 3.8) is 0 Å². The van der Waals surface area contributed by atoms with Crippen molar-refractivity contribution in [3.05, 3.63) is 362 Å². The van der Waals surface area contributed by atoms with Crippen molar-refractivity contribution in [1.82, 2.24) is 18.3 Å². The van der Waals surface area contributed by atoms with Crippen LogP contribution in [-0.4, -0.2) is 18.3 Å². The zero-order valence-electron chi connectivity index (χ0n) is 66.3. The van der Waals surface area contributed by atoms with Crippen LogP contribution in [0.5, 0.6) is 0 Å². The first-order valence-electron chi connectivity index (χ1n) is 40.2. The zero-order valence-corrected chi connectivity index (χ0v) is 67.1. The first-order valence-corrected chi connectivity index (χ1v) is 41.0. The summed E-state index contributed by atoms with van der Waals surface area (Å²) in [6.45, 7) is 20.2. The van der Waals surface area contributed by atoms with E-state index in [9.17, 15) is 0 Å². The second-order valence-corrected chi connectivity index (χ2v) is 34.9. The Bertz CT molecular complexity index is 7980. The Hall–Kier alpha value is -13.7. The van der Waals surface area contributed by atoms with Crippen LogP contribution in [0.3, 0.4) is 0 Å². The number of aromatic nitrogens is 4. The summed E-state index contributed by atoms with van der Waals surface area (Å²) in [6.07, 6.45) is 0. The minimum atomic E-state index is 0.0184. The van der Waals surface area contributed by atoms with Crippen molar-refractivity contribution in [1.29, 1.82) is 0 Å². The molecule has 0 aliphatic carbocycles. The van der Waals surface area contributed by atoms with Gasteiger partial charge in [-0.2, -0.15) is 0 Å². The van der Waals surface area contributed by atoms with Crippen LogP contribution in [0.2, 0.25) is 0 Å². The van der Waals surface area contributed by atoms with E-state index in [1.54, 1.807) is 0 Å². The lowest BCUT2D eigenvalue weighted by molar-refractivity contribution is 0.573. The number of hydrogen-bond donors (Lipinski definition) is 0. The van der Waals surface area contributed by atoms with Gasteiger partial charge < -0.3 is 31.5 Å². The van der Waals surface area contributed by atoms with Crippen molar-refractivity contribution in [2.24, 2.45) is 0 Å². The van der Waals surface area contributed by atoms with Crippen LogP contribution >= 0.6 is 11.3 Å². The van der Waals surface area contributed by atoms with Gasteiger partial charge >= 0.3 is 0 Å². The number of rotatable bonds is 4. The van der Waals surface area contributed by atoms with Gasteiger partial charge in [0.2, 0.25) is 0 Å². The van der Waals surface area contributed by atoms with Gasteiger partial charge in [0.25, 0.3) is 0 Å². The smallest absolute Gasteiger partial charge is 0.145 e. The van der Waals surface area contributed by atoms with E-state index in [1.165, 1.54) is 168 Å². The van der Waals surface area contributed by atoms with Gasteiger partial charge in [0.1, 0.15) is 33.5 Å². The topological polar surface area (TPSA) is 59.1 Å². The SMILES string of the molecule is CC(C)(C)c1ccc(-n2c3ccccc3c3c4oc5ccccc5c4ccc32)cc1.CC(C)(C)c1ccc2oc3c(ccc4c3c3ccccc3n4-c3ccccc3)c2c1.CC(C)(C)c1cccc2c1oc1c2ccc2c1c1ccccc1n2-c1ccccc1.c1ccc(-n2c3ccccc3c3c4sc5ccccc5c4ccc32)cc1. The van der Waals surface area contributed by atoms with Crippen LogP contribution in [0.25, 0.3) is 196 Å². The molecule has 8 heterocycles. The Morgan fingerprint density at radius 1 is 0.216 bits per heavy atom. The summed E-state index contributed by atoms with van der Waals surface area (Å²) in [7, 11) is 0. The lowest BCUT2D eigenvalue weighted by Crippen LogP contribution is -2.10. The minimum Gasteiger partial charge on any atom is -0.455 e. The maximum Gasteiger partial charge on any atom is 0.145 e. The molecule has 0 spiro atoms. The van der Waals surface area contributed by atoms with Crippen molar-refractivity contribution in [2.75, 3.05) is 0 Å². The largest absolute Gasteiger partial charge is 0.455 e. The summed E-state index contributed by atoms with van der Waals surface area (Å²) in [5, 5.41) is 19.7. The third-order valence-corrected chi connectivity index (χ3v) is 24.8. The molecule has 116 heavy (non-hydrogen) atoms. The van der Waals surface area contributed by atoms with Gasteiger partial charge in [-0.25, -0.2) is 0 Å². The van der Waals surface area contributed by atoms with Crippen LogP contribution in [-0.2, 0) is 16.2 Å². The molecule has 24 aromatic rings. The molecule has 8 heteroatoms. The van der Waals surface area contributed by atoms with Crippen LogP contribution in [0, 0.1) is 0 Å². The Morgan fingerprint density at radius 2 is 0.560 bits per heavy atom. The molecule has 0 radical (unpaired) electrons. The molecule has 0 N–H and O–H groups in total. The number of thiophene rings is 1. The summed E-state index contributed by atoms with van der Waals surface area (Å²) in [6, 6.07) is 123. The summed E-state index contributed by atoms with van der Waals surface area (Å²) in [5.74, 6) is 0. The number of nitrogens with zero attached hydrogens (tertiary/aromatic N) is 4. The number of benzene rings is 16. The third-order valence-electron chi connectivity index (χ3n) is 23.6. The molecule has 16 aromatic carbocycles. The Balaban J connectivity index is 0.0000000968. The second-order valence-electron chi connectivity index (χ2n) is 33.9. The quantitative estimate of drug-likeness (QED) is 0.176. The van der Waals surface area contributed by atoms with Gasteiger partial charge in [0, 0.05) is 108 Å². The minimum absolute atomic E-state index is 0.0184. The molecule has 7 nitrogen and oxygen atoms in total. The van der Waals surface area contributed by atoms with Crippen molar-refractivity contribution in [3.8, 4) is 22.7 Å². The van der Waals surface area contributed by atoms with Crippen LogP contribution in [0.1, 0.15) is 79.0 Å². The molecule has 0 saturated carbocycles. The first-order chi connectivity index (χ1) is 56.5. The summed E-state index contributed by atoms with van der Waals surface area (Å²) >= 11 is 1.90. The molecule has 0 bridgehead atoms. The number of furan rings is 3. The Morgan fingerprint density at radius 3 is 1.03 bits per heavy atom. The number of fused-ring (bicyclic) bond motifs is 28. The lowest BCUT2D eigenvalue weighted by atomic mass is 9.86. The maximum absolute atomic E-state index is 6.67. The zero-order chi connectivity index (χ0) is 78.5. The molecule has 0 aliphatic rings. The van der Waals surface area contributed by atoms with Crippen molar-refractivity contribution in [2.45, 2.75) is 78.6 Å². The van der Waals surface area contributed by atoms with Gasteiger partial charge in [-0.1, -0.05) is 269 Å². The molecule has 0 amide bonds. The third kappa shape index (κ3) is 11.4. The lowest BCUT2D eigenvalue weighted by Gasteiger charge is -2.19. The fraction of sp³-hybridized carbons (Fsp3) is 0.111. The van der Waals surface area contributed by atoms with E-state index < -0.39 is 0 Å². The molecule has 0 atom stereocenters. The van der Waals surface area contributed by atoms with Crippen molar-refractivity contribution < 1.29 is 13.3 Å². The highest BCUT2D eigenvalue weighted by molar-refractivity contribution is 7.26. The van der Waals surface area contributed by atoms with Gasteiger partial charge in [0.15, 0.2) is 0 Å². The molecule has 24 rings (SSSR count). The highest BCUT2D eigenvalue weighted by Crippen LogP contribution is 2.48. The molecular weight excluding hydrogens is 1430 g/mol. The van der Waals surface area contributed by atoms with Gasteiger partial charge in [-0.05, 0) is 167 Å². The van der Waals surface area contributed by atoms with Crippen molar-refractivity contribution >= 4 is 185 Å². The molecule has 8 aromatic heterocycles. The second kappa shape index (κ2) is 27.0. The Labute approximate surface area is 675 Å². The van der Waals surface area contributed by atoms with Crippen LogP contribution in [0.15, 0.2) is 359 Å². The normalized spacial score (nSPS) is 12.4. The van der Waals surface area contributed by atoms with E-state index in [0.29, 0.717) is 0 Å². The fourth-order valence-electron chi connectivity index (χ4n) is 18.1. The fourth-order valence-corrected chi connectivity index (χ4v) is 19.3. The van der Waals surface area contributed by atoms with Crippen LogP contribution < -0.4 is 0 Å².